The second-order valence-electron chi connectivity index (χ2n) is 5.14. The summed E-state index contributed by atoms with van der Waals surface area (Å²) >= 11 is 0. The molecule has 0 radical (unpaired) electrons. The smallest absolute Gasteiger partial charge is 0.332 e. The number of benzene rings is 1. The van der Waals surface area contributed by atoms with Crippen LogP contribution in [0.15, 0.2) is 35.4 Å². The van der Waals surface area contributed by atoms with Gasteiger partial charge < -0.3 is 5.73 Å². The highest BCUT2D eigenvalue weighted by molar-refractivity contribution is 6.01. The lowest BCUT2D eigenvalue weighted by atomic mass is 9.87. The van der Waals surface area contributed by atoms with E-state index in [4.69, 9.17) is 5.73 Å². The normalized spacial score (nSPS) is 12.3. The first-order chi connectivity index (χ1) is 7.88. The Morgan fingerprint density at radius 2 is 1.88 bits per heavy atom. The molecule has 0 atom stereocenters. The molecule has 92 valence electrons. The molecule has 0 unspecified atom stereocenters. The minimum Gasteiger partial charge on any atom is -0.350 e. The fourth-order valence-corrected chi connectivity index (χ4v) is 1.46. The Balaban J connectivity index is 2.95. The van der Waals surface area contributed by atoms with Crippen molar-refractivity contribution in [2.24, 2.45) is 16.3 Å². The van der Waals surface area contributed by atoms with Gasteiger partial charge in [0, 0.05) is 0 Å². The lowest BCUT2D eigenvalue weighted by molar-refractivity contribution is 0.249. The summed E-state index contributed by atoms with van der Waals surface area (Å²) in [4.78, 5) is 10.7. The molecule has 4 heteroatoms. The number of carbonyl (C=O) groups excluding carboxylic acids is 1. The van der Waals surface area contributed by atoms with Gasteiger partial charge in [0.2, 0.25) is 0 Å². The standard InChI is InChI=1S/C13H19N3O/c1-13(2,3)9-11(15-16-12(14)17)10-7-5-4-6-8-10/h4-8H,9H2,1-3H3,(H3,14,16,17). The zero-order valence-corrected chi connectivity index (χ0v) is 10.5. The number of nitrogens with two attached hydrogens (primary N) is 1. The van der Waals surface area contributed by atoms with Crippen molar-refractivity contribution in [3.63, 3.8) is 0 Å². The zero-order chi connectivity index (χ0) is 12.9. The number of hydrogen-bond donors (Lipinski definition) is 2. The third kappa shape index (κ3) is 5.15. The molecule has 0 fully saturated rings. The maximum absolute atomic E-state index is 10.7. The molecular formula is C13H19N3O. The van der Waals surface area contributed by atoms with Gasteiger partial charge in [0.25, 0.3) is 0 Å². The molecule has 2 amide bonds. The lowest BCUT2D eigenvalue weighted by Crippen LogP contribution is -2.27. The van der Waals surface area contributed by atoms with Crippen LogP contribution >= 0.6 is 0 Å². The number of urea groups is 1. The predicted molar refractivity (Wildman–Crippen MR) is 69.8 cm³/mol. The van der Waals surface area contributed by atoms with Gasteiger partial charge in [-0.05, 0) is 17.4 Å². The summed E-state index contributed by atoms with van der Waals surface area (Å²) in [6, 6.07) is 9.11. The minimum atomic E-state index is -0.646. The first-order valence-electron chi connectivity index (χ1n) is 5.56. The van der Waals surface area contributed by atoms with E-state index in [2.05, 4.69) is 31.3 Å². The molecule has 0 spiro atoms. The maximum Gasteiger partial charge on any atom is 0.332 e. The van der Waals surface area contributed by atoms with Crippen LogP contribution in [-0.2, 0) is 0 Å². The van der Waals surface area contributed by atoms with Crippen LogP contribution in [-0.4, -0.2) is 11.7 Å². The number of amides is 2. The zero-order valence-electron chi connectivity index (χ0n) is 10.5. The molecule has 0 heterocycles. The van der Waals surface area contributed by atoms with Gasteiger partial charge in [0.15, 0.2) is 0 Å². The molecule has 0 saturated heterocycles. The first kappa shape index (κ1) is 13.2. The van der Waals surface area contributed by atoms with Crippen LogP contribution < -0.4 is 11.2 Å². The van der Waals surface area contributed by atoms with Crippen molar-refractivity contribution < 1.29 is 4.79 Å². The molecule has 1 aromatic carbocycles. The maximum atomic E-state index is 10.7. The summed E-state index contributed by atoms with van der Waals surface area (Å²) in [7, 11) is 0. The number of hydrazone groups is 1. The summed E-state index contributed by atoms with van der Waals surface area (Å²) in [6.07, 6.45) is 0.761. The average molecular weight is 233 g/mol. The fraction of sp³-hybridized carbons (Fsp3) is 0.385. The molecule has 0 saturated carbocycles. The van der Waals surface area contributed by atoms with Crippen LogP contribution in [0.2, 0.25) is 0 Å². The van der Waals surface area contributed by atoms with E-state index in [1.54, 1.807) is 0 Å². The van der Waals surface area contributed by atoms with Gasteiger partial charge in [-0.3, -0.25) is 0 Å². The number of primary amides is 1. The van der Waals surface area contributed by atoms with Gasteiger partial charge in [-0.25, -0.2) is 10.2 Å². The highest BCUT2D eigenvalue weighted by atomic mass is 16.2. The van der Waals surface area contributed by atoms with Gasteiger partial charge in [0.1, 0.15) is 0 Å². The Hall–Kier alpha value is -1.84. The highest BCUT2D eigenvalue weighted by Crippen LogP contribution is 2.21. The van der Waals surface area contributed by atoms with E-state index < -0.39 is 6.03 Å². The van der Waals surface area contributed by atoms with Gasteiger partial charge in [-0.2, -0.15) is 5.10 Å². The topological polar surface area (TPSA) is 67.5 Å². The molecule has 0 aliphatic carbocycles. The predicted octanol–water partition coefficient (Wildman–Crippen LogP) is 2.50. The van der Waals surface area contributed by atoms with E-state index in [1.165, 1.54) is 0 Å². The van der Waals surface area contributed by atoms with Crippen LogP contribution in [0.25, 0.3) is 0 Å². The van der Waals surface area contributed by atoms with E-state index in [1.807, 2.05) is 30.3 Å². The second kappa shape index (κ2) is 5.48. The molecule has 0 aromatic heterocycles. The van der Waals surface area contributed by atoms with Crippen LogP contribution in [0.3, 0.4) is 0 Å². The van der Waals surface area contributed by atoms with E-state index in [9.17, 15) is 4.79 Å². The van der Waals surface area contributed by atoms with Crippen molar-refractivity contribution in [1.82, 2.24) is 5.43 Å². The largest absolute Gasteiger partial charge is 0.350 e. The minimum absolute atomic E-state index is 0.0913. The molecule has 1 rings (SSSR count). The van der Waals surface area contributed by atoms with Crippen molar-refractivity contribution in [2.75, 3.05) is 0 Å². The van der Waals surface area contributed by atoms with E-state index >= 15 is 0 Å². The summed E-state index contributed by atoms with van der Waals surface area (Å²) in [5.41, 5.74) is 9.24. The average Bonchev–Trinajstić information content (AvgIpc) is 2.24. The third-order valence-electron chi connectivity index (χ3n) is 2.11. The lowest BCUT2D eigenvalue weighted by Gasteiger charge is -2.19. The molecular weight excluding hydrogens is 214 g/mol. The van der Waals surface area contributed by atoms with Crippen LogP contribution in [0.1, 0.15) is 32.8 Å². The third-order valence-corrected chi connectivity index (χ3v) is 2.11. The molecule has 1 aromatic rings. The van der Waals surface area contributed by atoms with Crippen molar-refractivity contribution >= 4 is 11.7 Å². The summed E-state index contributed by atoms with van der Waals surface area (Å²) in [5.74, 6) is 0. The monoisotopic (exact) mass is 233 g/mol. The molecule has 0 bridgehead atoms. The Labute approximate surface area is 102 Å². The van der Waals surface area contributed by atoms with Crippen molar-refractivity contribution in [1.29, 1.82) is 0 Å². The number of nitrogens with one attached hydrogen (secondary N) is 1. The summed E-state index contributed by atoms with van der Waals surface area (Å²) in [5, 5.41) is 4.07. The van der Waals surface area contributed by atoms with Crippen molar-refractivity contribution in [2.45, 2.75) is 27.2 Å². The van der Waals surface area contributed by atoms with Crippen LogP contribution in [0, 0.1) is 5.41 Å². The first-order valence-corrected chi connectivity index (χ1v) is 5.56. The fourth-order valence-electron chi connectivity index (χ4n) is 1.46. The Morgan fingerprint density at radius 1 is 1.29 bits per heavy atom. The van der Waals surface area contributed by atoms with Crippen molar-refractivity contribution in [3.05, 3.63) is 35.9 Å². The van der Waals surface area contributed by atoms with E-state index in [0.29, 0.717) is 0 Å². The summed E-state index contributed by atoms with van der Waals surface area (Å²) in [6.45, 7) is 6.36. The number of rotatable bonds is 3. The van der Waals surface area contributed by atoms with Gasteiger partial charge in [-0.15, -0.1) is 0 Å². The molecule has 3 N–H and O–H groups in total. The van der Waals surface area contributed by atoms with Gasteiger partial charge >= 0.3 is 6.03 Å². The molecule has 0 aliphatic heterocycles. The number of carbonyl (C=O) groups is 1. The quantitative estimate of drug-likeness (QED) is 0.611. The van der Waals surface area contributed by atoms with E-state index in [0.717, 1.165) is 17.7 Å². The second-order valence-corrected chi connectivity index (χ2v) is 5.14. The Kier molecular flexibility index (Phi) is 4.26. The van der Waals surface area contributed by atoms with Crippen molar-refractivity contribution in [3.8, 4) is 0 Å². The molecule has 17 heavy (non-hydrogen) atoms. The SMILES string of the molecule is CC(C)(C)CC(=NNC(N)=O)c1ccccc1. The van der Waals surface area contributed by atoms with Crippen LogP contribution in [0.5, 0.6) is 0 Å². The Bertz CT molecular complexity index is 404. The van der Waals surface area contributed by atoms with Gasteiger partial charge in [0.05, 0.1) is 5.71 Å². The molecule has 4 nitrogen and oxygen atoms in total. The number of hydrogen-bond acceptors (Lipinski definition) is 2. The highest BCUT2D eigenvalue weighted by Gasteiger charge is 2.16. The van der Waals surface area contributed by atoms with Crippen LogP contribution in [0.4, 0.5) is 4.79 Å². The number of nitrogens with zero attached hydrogens (tertiary/aromatic N) is 1. The molecule has 0 aliphatic rings. The summed E-state index contributed by atoms with van der Waals surface area (Å²) < 4.78 is 0. The Morgan fingerprint density at radius 3 is 2.35 bits per heavy atom. The van der Waals surface area contributed by atoms with Gasteiger partial charge in [-0.1, -0.05) is 51.1 Å². The van der Waals surface area contributed by atoms with E-state index in [-0.39, 0.29) is 5.41 Å².